The average Bonchev–Trinajstić information content (AvgIpc) is 3.64. The lowest BCUT2D eigenvalue weighted by atomic mass is 9.41. The first-order valence-corrected chi connectivity index (χ1v) is 24.3. The van der Waals surface area contributed by atoms with E-state index < -0.39 is 64.4 Å². The fraction of sp³-hybridized carbons (Fsp3) is 0.857. The maximum atomic E-state index is 15.3. The molecule has 6 aliphatic carbocycles. The number of rotatable bonds is 12. The first-order chi connectivity index (χ1) is 28.6. The minimum atomic E-state index is -1.59. The number of allylic oxidation sites excluding steroid dienone is 3. The van der Waals surface area contributed by atoms with Gasteiger partial charge in [0.1, 0.15) is 6.10 Å². The van der Waals surface area contributed by atoms with E-state index in [1.165, 1.54) is 19.3 Å². The molecule has 11 heteroatoms. The minimum absolute atomic E-state index is 0.0627. The number of Topliss-reactive ketones (excluding diaryl/α,β-unsaturated/α-hetero) is 1. The van der Waals surface area contributed by atoms with Crippen LogP contribution in [0.1, 0.15) is 150 Å². The van der Waals surface area contributed by atoms with Gasteiger partial charge < -0.3 is 51.7 Å². The molecule has 2 heterocycles. The number of ether oxygens (including phenoxy) is 1. The monoisotopic (exact) mass is 838 g/mol. The van der Waals surface area contributed by atoms with Gasteiger partial charge in [-0.3, -0.25) is 4.79 Å². The summed E-state index contributed by atoms with van der Waals surface area (Å²) in [6.45, 7) is 8.07. The molecule has 17 unspecified atom stereocenters. The normalized spacial score (nSPS) is 45.3. The molecule has 8 rings (SSSR count). The van der Waals surface area contributed by atoms with E-state index in [0.29, 0.717) is 55.7 Å². The van der Waals surface area contributed by atoms with E-state index in [4.69, 9.17) is 10.5 Å². The van der Waals surface area contributed by atoms with Crippen molar-refractivity contribution in [1.29, 1.82) is 0 Å². The Labute approximate surface area is 359 Å². The Morgan fingerprint density at radius 1 is 1.02 bits per heavy atom. The Morgan fingerprint density at radius 2 is 1.77 bits per heavy atom. The maximum Gasteiger partial charge on any atom is 0.182 e. The van der Waals surface area contributed by atoms with Crippen molar-refractivity contribution in [3.63, 3.8) is 0 Å². The molecular weight excluding hydrogens is 759 g/mol. The van der Waals surface area contributed by atoms with E-state index in [1.807, 2.05) is 18.4 Å². The van der Waals surface area contributed by atoms with Crippen molar-refractivity contribution in [3.8, 4) is 0 Å². The van der Waals surface area contributed by atoms with E-state index in [0.717, 1.165) is 62.9 Å². The average molecular weight is 838 g/mol. The van der Waals surface area contributed by atoms with Crippen LogP contribution in [0, 0.1) is 52.3 Å². The lowest BCUT2D eigenvalue weighted by molar-refractivity contribution is -0.220. The van der Waals surface area contributed by atoms with Crippen LogP contribution in [0.4, 0.5) is 0 Å². The number of carbonyl (C=O) groups is 1. The molecule has 0 aromatic heterocycles. The summed E-state index contributed by atoms with van der Waals surface area (Å²) in [6.07, 6.45) is 16.6. The van der Waals surface area contributed by atoms with Gasteiger partial charge in [-0.25, -0.2) is 0 Å². The van der Waals surface area contributed by atoms with Crippen molar-refractivity contribution >= 4 is 5.78 Å². The van der Waals surface area contributed by atoms with Gasteiger partial charge in [0.15, 0.2) is 5.78 Å². The smallest absolute Gasteiger partial charge is 0.182 e. The predicted molar refractivity (Wildman–Crippen MR) is 231 cm³/mol. The molecule has 338 valence electrons. The van der Waals surface area contributed by atoms with Crippen LogP contribution in [-0.4, -0.2) is 97.0 Å². The number of nitrogens with two attached hydrogens (primary N) is 1. The molecule has 0 spiro atoms. The van der Waals surface area contributed by atoms with Crippen LogP contribution in [0.15, 0.2) is 35.2 Å². The highest BCUT2D eigenvalue weighted by Crippen LogP contribution is 2.73. The molecule has 60 heavy (non-hydrogen) atoms. The van der Waals surface area contributed by atoms with Gasteiger partial charge in [0, 0.05) is 24.1 Å². The largest absolute Gasteiger partial charge is 0.392 e. The van der Waals surface area contributed by atoms with Crippen molar-refractivity contribution in [2.45, 2.75) is 204 Å². The van der Waals surface area contributed by atoms with E-state index in [1.54, 1.807) is 13.8 Å². The molecule has 0 bridgehead atoms. The number of carbonyl (C=O) groups excluding carboxylic acids is 1. The molecule has 2 aliphatic heterocycles. The van der Waals surface area contributed by atoms with Gasteiger partial charge in [-0.05, 0) is 155 Å². The Bertz CT molecular complexity index is 1660. The molecule has 1 saturated heterocycles. The van der Waals surface area contributed by atoms with E-state index >= 15 is 4.79 Å². The highest BCUT2D eigenvalue weighted by Gasteiger charge is 2.74. The molecule has 11 nitrogen and oxygen atoms in total. The zero-order valence-corrected chi connectivity index (χ0v) is 37.0. The Morgan fingerprint density at radius 3 is 2.47 bits per heavy atom. The van der Waals surface area contributed by atoms with Crippen LogP contribution in [0.2, 0.25) is 0 Å². The fourth-order valence-corrected chi connectivity index (χ4v) is 15.5. The van der Waals surface area contributed by atoms with Crippen molar-refractivity contribution < 1.29 is 40.2 Å². The standard InChI is InChI=1S/C49H79N3O8/c1-5-9-30-12-15-33-29(3)44(60-38(33)16-13-30)45(57)46(4,58)39-20-23-49(59)41-34(19-22-48(39,49)32-10-7-6-8-11-32)47(21-18-31-14-17-40(50)51-27-31)25-37(55)36(54)24-35(47)43(56)42(41)52-26-28(2)53/h14,17,27-30,32-40,44-45,51-55,57-59H,5-13,15-16,18-26,50H2,1-4H3. The number of nitrogens with one attached hydrogen (secondary N) is 2. The topological polar surface area (TPSA) is 198 Å². The number of fused-ring (bicyclic) bond motifs is 6. The number of ketones is 1. The van der Waals surface area contributed by atoms with E-state index in [9.17, 15) is 30.6 Å². The fourth-order valence-electron chi connectivity index (χ4n) is 15.5. The first kappa shape index (κ1) is 44.8. The van der Waals surface area contributed by atoms with Gasteiger partial charge in [-0.2, -0.15) is 0 Å². The van der Waals surface area contributed by atoms with Crippen molar-refractivity contribution in [3.05, 3.63) is 35.2 Å². The third-order valence-corrected chi connectivity index (χ3v) is 18.4. The summed E-state index contributed by atoms with van der Waals surface area (Å²) in [6, 6.07) is 0. The van der Waals surface area contributed by atoms with Crippen LogP contribution in [0.25, 0.3) is 0 Å². The second kappa shape index (κ2) is 17.3. The third-order valence-electron chi connectivity index (χ3n) is 18.4. The lowest BCUT2D eigenvalue weighted by Crippen LogP contribution is -2.68. The summed E-state index contributed by atoms with van der Waals surface area (Å²) >= 11 is 0. The van der Waals surface area contributed by atoms with Crippen LogP contribution in [-0.2, 0) is 9.53 Å². The number of hydrogen-bond donors (Lipinski definition) is 9. The maximum absolute atomic E-state index is 15.3. The lowest BCUT2D eigenvalue weighted by Gasteiger charge is -2.65. The van der Waals surface area contributed by atoms with Crippen molar-refractivity contribution in [2.24, 2.45) is 58.0 Å². The van der Waals surface area contributed by atoms with Crippen molar-refractivity contribution in [2.75, 3.05) is 6.54 Å². The van der Waals surface area contributed by atoms with Crippen molar-refractivity contribution in [1.82, 2.24) is 10.6 Å². The summed E-state index contributed by atoms with van der Waals surface area (Å²) in [7, 11) is 0. The highest BCUT2D eigenvalue weighted by molar-refractivity contribution is 6.00. The first-order valence-electron chi connectivity index (χ1n) is 24.3. The predicted octanol–water partition coefficient (Wildman–Crippen LogP) is 5.26. The zero-order valence-electron chi connectivity index (χ0n) is 37.0. The van der Waals surface area contributed by atoms with Gasteiger partial charge in [-0.15, -0.1) is 0 Å². The van der Waals surface area contributed by atoms with Crippen LogP contribution < -0.4 is 16.4 Å². The number of dihydropyridines is 1. The van der Waals surface area contributed by atoms with Gasteiger partial charge >= 0.3 is 0 Å². The minimum Gasteiger partial charge on any atom is -0.392 e. The molecule has 0 radical (unpaired) electrons. The molecular formula is C49H79N3O8. The third kappa shape index (κ3) is 7.38. The molecule has 8 aliphatic rings. The van der Waals surface area contributed by atoms with Gasteiger partial charge in [0.05, 0.1) is 53.6 Å². The number of aliphatic hydroxyl groups is 6. The Balaban J connectivity index is 1.20. The summed E-state index contributed by atoms with van der Waals surface area (Å²) in [5.41, 5.74) is 3.49. The molecule has 0 aromatic rings. The molecule has 17 atom stereocenters. The quantitative estimate of drug-likeness (QED) is 0.124. The summed E-state index contributed by atoms with van der Waals surface area (Å²) in [5, 5.41) is 79.9. The summed E-state index contributed by atoms with van der Waals surface area (Å²) in [4.78, 5) is 15.3. The highest BCUT2D eigenvalue weighted by atomic mass is 16.5. The van der Waals surface area contributed by atoms with E-state index in [-0.39, 0.29) is 55.2 Å². The van der Waals surface area contributed by atoms with Gasteiger partial charge in [-0.1, -0.05) is 58.4 Å². The second-order valence-electron chi connectivity index (χ2n) is 21.6. The van der Waals surface area contributed by atoms with Crippen LogP contribution >= 0.6 is 0 Å². The second-order valence-corrected chi connectivity index (χ2v) is 21.6. The Hall–Kier alpha value is -1.83. The SMILES string of the molecule is CCCC1CCC2OC(C(O)C(C)(O)C3CCC4(O)C5=C(NCC(C)O)C(=O)C6CC(O)C(O)CC6(CCC6=CNC(N)C=C6)C5CCC34C3CCCCC3)C(C)C2CC1. The zero-order chi connectivity index (χ0) is 42.8. The van der Waals surface area contributed by atoms with E-state index in [2.05, 4.69) is 24.5 Å². The number of aliphatic hydroxyl groups excluding tert-OH is 4. The molecule has 0 aromatic carbocycles. The molecule has 5 saturated carbocycles. The molecule has 6 fully saturated rings. The summed E-state index contributed by atoms with van der Waals surface area (Å²) < 4.78 is 6.85. The molecule has 10 N–H and O–H groups in total. The van der Waals surface area contributed by atoms with Gasteiger partial charge in [0.25, 0.3) is 0 Å². The van der Waals surface area contributed by atoms with Crippen LogP contribution in [0.3, 0.4) is 0 Å². The van der Waals surface area contributed by atoms with Crippen LogP contribution in [0.5, 0.6) is 0 Å². The Kier molecular flexibility index (Phi) is 12.9. The number of hydrogen-bond acceptors (Lipinski definition) is 11. The summed E-state index contributed by atoms with van der Waals surface area (Å²) in [5.74, 6) is -0.317. The molecule has 0 amide bonds. The van der Waals surface area contributed by atoms with Gasteiger partial charge in [0.2, 0.25) is 0 Å².